The number of nitrogens with zero attached hydrogens (tertiary/aromatic N) is 3. The first kappa shape index (κ1) is 15.6. The summed E-state index contributed by atoms with van der Waals surface area (Å²) in [6, 6.07) is 17.3. The van der Waals surface area contributed by atoms with Crippen LogP contribution in [-0.2, 0) is 4.79 Å². The summed E-state index contributed by atoms with van der Waals surface area (Å²) in [4.78, 5) is 16.8. The van der Waals surface area contributed by atoms with Gasteiger partial charge in [0.1, 0.15) is 12.1 Å². The summed E-state index contributed by atoms with van der Waals surface area (Å²) >= 11 is 3.47. The standard InChI is InChI=1S/C19H13BrN4O/c20-14-2-1-3-15(8-14)24-11-22-18-16(9-17(25)23-19(18)24)13-6-4-12(10-21)5-7-13/h1-8,11,16H,9H2,(H,23,25)/t16-/m0/s1. The number of carbonyl (C=O) groups is 1. The monoisotopic (exact) mass is 392 g/mol. The lowest BCUT2D eigenvalue weighted by Crippen LogP contribution is -2.24. The predicted octanol–water partition coefficient (Wildman–Crippen LogP) is 3.98. The number of aromatic nitrogens is 2. The Morgan fingerprint density at radius 2 is 2.04 bits per heavy atom. The number of nitriles is 1. The number of hydrogen-bond donors (Lipinski definition) is 1. The smallest absolute Gasteiger partial charge is 0.226 e. The number of carbonyl (C=O) groups excluding carboxylic acids is 1. The first-order valence-electron chi connectivity index (χ1n) is 7.79. The molecule has 1 aliphatic heterocycles. The van der Waals surface area contributed by atoms with Gasteiger partial charge in [0.05, 0.1) is 17.3 Å². The molecule has 0 radical (unpaired) electrons. The molecule has 4 rings (SSSR count). The van der Waals surface area contributed by atoms with E-state index in [4.69, 9.17) is 5.26 Å². The van der Waals surface area contributed by atoms with E-state index >= 15 is 0 Å². The number of amides is 1. The van der Waals surface area contributed by atoms with Gasteiger partial charge < -0.3 is 5.32 Å². The second kappa shape index (κ2) is 6.19. The maximum atomic E-state index is 12.3. The summed E-state index contributed by atoms with van der Waals surface area (Å²) in [7, 11) is 0. The van der Waals surface area contributed by atoms with Crippen LogP contribution in [0.4, 0.5) is 5.82 Å². The van der Waals surface area contributed by atoms with Crippen LogP contribution in [0, 0.1) is 11.3 Å². The quantitative estimate of drug-likeness (QED) is 0.716. The molecule has 1 amide bonds. The van der Waals surface area contributed by atoms with Crippen molar-refractivity contribution in [2.45, 2.75) is 12.3 Å². The van der Waals surface area contributed by atoms with Gasteiger partial charge in [-0.05, 0) is 35.9 Å². The van der Waals surface area contributed by atoms with Gasteiger partial charge in [0, 0.05) is 22.5 Å². The predicted molar refractivity (Wildman–Crippen MR) is 97.5 cm³/mol. The highest BCUT2D eigenvalue weighted by molar-refractivity contribution is 9.10. The molecule has 3 aromatic rings. The summed E-state index contributed by atoms with van der Waals surface area (Å²) in [6.07, 6.45) is 2.07. The van der Waals surface area contributed by atoms with E-state index in [1.807, 2.05) is 41.0 Å². The average molecular weight is 393 g/mol. The van der Waals surface area contributed by atoms with Gasteiger partial charge in [-0.25, -0.2) is 4.98 Å². The lowest BCUT2D eigenvalue weighted by Gasteiger charge is -2.23. The SMILES string of the molecule is N#Cc1ccc([C@@H]2CC(=O)Nc3c2ncn3-c2cccc(Br)c2)cc1. The molecule has 1 aliphatic rings. The van der Waals surface area contributed by atoms with E-state index in [0.29, 0.717) is 17.8 Å². The zero-order valence-electron chi connectivity index (χ0n) is 13.1. The number of fused-ring (bicyclic) bond motifs is 1. The van der Waals surface area contributed by atoms with Crippen molar-refractivity contribution in [2.24, 2.45) is 0 Å². The molecular formula is C19H13BrN4O. The Kier molecular flexibility index (Phi) is 3.86. The zero-order chi connectivity index (χ0) is 17.4. The van der Waals surface area contributed by atoms with E-state index in [1.54, 1.807) is 18.5 Å². The summed E-state index contributed by atoms with van der Waals surface area (Å²) in [5.74, 6) is 0.534. The van der Waals surface area contributed by atoms with Gasteiger partial charge in [-0.3, -0.25) is 9.36 Å². The highest BCUT2D eigenvalue weighted by Crippen LogP contribution is 2.37. The first-order valence-corrected chi connectivity index (χ1v) is 8.58. The second-order valence-corrected chi connectivity index (χ2v) is 6.78. The molecule has 0 spiro atoms. The van der Waals surface area contributed by atoms with Gasteiger partial charge in [0.25, 0.3) is 0 Å². The maximum absolute atomic E-state index is 12.3. The number of halogens is 1. The molecule has 0 saturated heterocycles. The maximum Gasteiger partial charge on any atom is 0.226 e. The van der Waals surface area contributed by atoms with E-state index in [-0.39, 0.29) is 11.8 Å². The molecule has 0 fully saturated rings. The molecule has 25 heavy (non-hydrogen) atoms. The van der Waals surface area contributed by atoms with Crippen molar-refractivity contribution >= 4 is 27.7 Å². The van der Waals surface area contributed by atoms with E-state index in [0.717, 1.165) is 21.4 Å². The van der Waals surface area contributed by atoms with Crippen molar-refractivity contribution < 1.29 is 4.79 Å². The molecular weight excluding hydrogens is 380 g/mol. The van der Waals surface area contributed by atoms with Gasteiger partial charge in [-0.2, -0.15) is 5.26 Å². The van der Waals surface area contributed by atoms with Crippen molar-refractivity contribution in [2.75, 3.05) is 5.32 Å². The number of nitrogens with one attached hydrogen (secondary N) is 1. The third-order valence-corrected chi connectivity index (χ3v) is 4.79. The summed E-state index contributed by atoms with van der Waals surface area (Å²) in [5, 5.41) is 11.9. The molecule has 2 heterocycles. The number of benzene rings is 2. The van der Waals surface area contributed by atoms with E-state index in [9.17, 15) is 4.79 Å². The molecule has 0 bridgehead atoms. The van der Waals surface area contributed by atoms with Crippen LogP contribution >= 0.6 is 15.9 Å². The van der Waals surface area contributed by atoms with E-state index < -0.39 is 0 Å². The van der Waals surface area contributed by atoms with Crippen LogP contribution in [0.3, 0.4) is 0 Å². The minimum absolute atomic E-state index is 0.0430. The summed E-state index contributed by atoms with van der Waals surface area (Å²) in [6.45, 7) is 0. The fraction of sp³-hybridized carbons (Fsp3) is 0.105. The Bertz CT molecular complexity index is 1000. The Hall–Kier alpha value is -2.91. The third kappa shape index (κ3) is 2.83. The second-order valence-electron chi connectivity index (χ2n) is 5.87. The Labute approximate surface area is 153 Å². The molecule has 1 atom stereocenters. The van der Waals surface area contributed by atoms with Gasteiger partial charge in [-0.1, -0.05) is 34.1 Å². The molecule has 5 nitrogen and oxygen atoms in total. The van der Waals surface area contributed by atoms with Crippen LogP contribution in [0.25, 0.3) is 5.69 Å². The van der Waals surface area contributed by atoms with Crippen molar-refractivity contribution in [1.82, 2.24) is 9.55 Å². The molecule has 122 valence electrons. The highest BCUT2D eigenvalue weighted by atomic mass is 79.9. The zero-order valence-corrected chi connectivity index (χ0v) is 14.7. The highest BCUT2D eigenvalue weighted by Gasteiger charge is 2.30. The average Bonchev–Trinajstić information content (AvgIpc) is 3.05. The first-order chi connectivity index (χ1) is 12.2. The Morgan fingerprint density at radius 3 is 2.76 bits per heavy atom. The van der Waals surface area contributed by atoms with Gasteiger partial charge in [-0.15, -0.1) is 0 Å². The van der Waals surface area contributed by atoms with Crippen LogP contribution in [0.1, 0.15) is 29.2 Å². The van der Waals surface area contributed by atoms with Crippen molar-refractivity contribution in [3.63, 3.8) is 0 Å². The van der Waals surface area contributed by atoms with Gasteiger partial charge >= 0.3 is 0 Å². The van der Waals surface area contributed by atoms with E-state index in [2.05, 4.69) is 32.3 Å². The largest absolute Gasteiger partial charge is 0.310 e. The fourth-order valence-corrected chi connectivity index (χ4v) is 3.48. The molecule has 2 aromatic carbocycles. The Morgan fingerprint density at radius 1 is 1.24 bits per heavy atom. The van der Waals surface area contributed by atoms with Crippen molar-refractivity contribution in [3.8, 4) is 11.8 Å². The van der Waals surface area contributed by atoms with Crippen LogP contribution in [0.5, 0.6) is 0 Å². The normalized spacial score (nSPS) is 16.0. The van der Waals surface area contributed by atoms with Crippen LogP contribution in [-0.4, -0.2) is 15.5 Å². The van der Waals surface area contributed by atoms with Gasteiger partial charge in [0.2, 0.25) is 5.91 Å². The molecule has 6 heteroatoms. The Balaban J connectivity index is 1.80. The number of hydrogen-bond acceptors (Lipinski definition) is 3. The molecule has 0 aliphatic carbocycles. The van der Waals surface area contributed by atoms with Crippen LogP contribution in [0.2, 0.25) is 0 Å². The van der Waals surface area contributed by atoms with Crippen molar-refractivity contribution in [1.29, 1.82) is 5.26 Å². The number of anilines is 1. The van der Waals surface area contributed by atoms with Crippen LogP contribution < -0.4 is 5.32 Å². The fourth-order valence-electron chi connectivity index (χ4n) is 3.09. The van der Waals surface area contributed by atoms with Gasteiger partial charge in [0.15, 0.2) is 0 Å². The summed E-state index contributed by atoms with van der Waals surface area (Å²) in [5.41, 5.74) is 3.34. The lowest BCUT2D eigenvalue weighted by molar-refractivity contribution is -0.116. The molecule has 1 aromatic heterocycles. The molecule has 1 N–H and O–H groups in total. The molecule has 0 saturated carbocycles. The summed E-state index contributed by atoms with van der Waals surface area (Å²) < 4.78 is 2.84. The number of imidazole rings is 1. The topological polar surface area (TPSA) is 70.7 Å². The minimum Gasteiger partial charge on any atom is -0.310 e. The van der Waals surface area contributed by atoms with Crippen LogP contribution in [0.15, 0.2) is 59.3 Å². The third-order valence-electron chi connectivity index (χ3n) is 4.30. The van der Waals surface area contributed by atoms with Crippen molar-refractivity contribution in [3.05, 3.63) is 76.2 Å². The molecule has 0 unspecified atom stereocenters. The van der Waals surface area contributed by atoms with E-state index in [1.165, 1.54) is 0 Å². The number of rotatable bonds is 2. The minimum atomic E-state index is -0.120. The lowest BCUT2D eigenvalue weighted by atomic mass is 9.89.